The third-order valence-electron chi connectivity index (χ3n) is 2.73. The number of nitrogen functional groups attached to an aromatic ring is 1. The number of nitrogens with two attached hydrogens (primary N) is 1. The molecule has 1 atom stereocenters. The zero-order chi connectivity index (χ0) is 12.8. The van der Waals surface area contributed by atoms with Gasteiger partial charge in [0.05, 0.1) is 5.56 Å². The van der Waals surface area contributed by atoms with Crippen LogP contribution in [0.25, 0.3) is 0 Å². The molecule has 0 saturated carbocycles. The van der Waals surface area contributed by atoms with E-state index in [2.05, 4.69) is 12.2 Å². The zero-order valence-corrected chi connectivity index (χ0v) is 11.4. The second kappa shape index (κ2) is 6.55. The topological polar surface area (TPSA) is 55.1 Å². The smallest absolute Gasteiger partial charge is 0.253 e. The molecule has 3 nitrogen and oxygen atoms in total. The van der Waals surface area contributed by atoms with Crippen molar-refractivity contribution in [2.45, 2.75) is 26.3 Å². The van der Waals surface area contributed by atoms with Crippen LogP contribution in [0.3, 0.4) is 0 Å². The zero-order valence-electron chi connectivity index (χ0n) is 10.6. The summed E-state index contributed by atoms with van der Waals surface area (Å²) in [5, 5.41) is 3.03. The minimum absolute atomic E-state index is 0.0681. The van der Waals surface area contributed by atoms with E-state index in [-0.39, 0.29) is 11.9 Å². The summed E-state index contributed by atoms with van der Waals surface area (Å²) in [6, 6.07) is 5.73. The summed E-state index contributed by atoms with van der Waals surface area (Å²) in [6.45, 7) is 3.98. The fourth-order valence-corrected chi connectivity index (χ4v) is 2.44. The number of nitrogens with one attached hydrogen (secondary N) is 1. The highest BCUT2D eigenvalue weighted by molar-refractivity contribution is 7.98. The minimum Gasteiger partial charge on any atom is -0.398 e. The number of thioether (sulfide) groups is 1. The minimum atomic E-state index is -0.0681. The van der Waals surface area contributed by atoms with Gasteiger partial charge in [0, 0.05) is 17.5 Å². The average molecular weight is 252 g/mol. The van der Waals surface area contributed by atoms with Crippen molar-refractivity contribution in [2.75, 3.05) is 17.7 Å². The lowest BCUT2D eigenvalue weighted by Gasteiger charge is -2.17. The SMILES string of the molecule is CCC(CSC)NC(=O)c1c(C)cccc1N. The molecule has 0 aliphatic carbocycles. The molecule has 0 aromatic heterocycles. The third-order valence-corrected chi connectivity index (χ3v) is 3.46. The van der Waals surface area contributed by atoms with E-state index < -0.39 is 0 Å². The summed E-state index contributed by atoms with van der Waals surface area (Å²) in [6.07, 6.45) is 2.97. The quantitative estimate of drug-likeness (QED) is 0.791. The lowest BCUT2D eigenvalue weighted by molar-refractivity contribution is 0.0940. The molecular formula is C13H20N2OS. The van der Waals surface area contributed by atoms with E-state index in [4.69, 9.17) is 5.73 Å². The van der Waals surface area contributed by atoms with E-state index in [1.165, 1.54) is 0 Å². The number of hydrogen-bond donors (Lipinski definition) is 2. The van der Waals surface area contributed by atoms with Crippen LogP contribution in [0.2, 0.25) is 0 Å². The first-order valence-corrected chi connectivity index (χ1v) is 7.14. The van der Waals surface area contributed by atoms with E-state index in [0.717, 1.165) is 17.7 Å². The van der Waals surface area contributed by atoms with Crippen molar-refractivity contribution in [3.8, 4) is 0 Å². The summed E-state index contributed by atoms with van der Waals surface area (Å²) in [5.41, 5.74) is 7.91. The standard InChI is InChI=1S/C13H20N2OS/c1-4-10(8-17-3)15-13(16)12-9(2)6-5-7-11(12)14/h5-7,10H,4,8,14H2,1-3H3,(H,15,16). The molecule has 1 unspecified atom stereocenters. The lowest BCUT2D eigenvalue weighted by atomic mass is 10.1. The van der Waals surface area contributed by atoms with Crippen molar-refractivity contribution in [3.05, 3.63) is 29.3 Å². The maximum absolute atomic E-state index is 12.1. The van der Waals surface area contributed by atoms with Crippen LogP contribution in [0.15, 0.2) is 18.2 Å². The van der Waals surface area contributed by atoms with Crippen LogP contribution in [-0.4, -0.2) is 24.0 Å². The molecule has 0 radical (unpaired) electrons. The Labute approximate surface area is 107 Å². The molecule has 3 N–H and O–H groups in total. The molecule has 0 aliphatic rings. The number of benzene rings is 1. The maximum atomic E-state index is 12.1. The Hall–Kier alpha value is -1.16. The van der Waals surface area contributed by atoms with Gasteiger partial charge in [0.1, 0.15) is 0 Å². The van der Waals surface area contributed by atoms with Crippen LogP contribution in [0.5, 0.6) is 0 Å². The molecule has 1 amide bonds. The number of carbonyl (C=O) groups is 1. The van der Waals surface area contributed by atoms with Gasteiger partial charge in [-0.1, -0.05) is 19.1 Å². The highest BCUT2D eigenvalue weighted by Crippen LogP contribution is 2.16. The molecule has 1 aromatic carbocycles. The highest BCUT2D eigenvalue weighted by atomic mass is 32.2. The fraction of sp³-hybridized carbons (Fsp3) is 0.462. The lowest BCUT2D eigenvalue weighted by Crippen LogP contribution is -2.36. The van der Waals surface area contributed by atoms with Gasteiger partial charge in [-0.25, -0.2) is 0 Å². The second-order valence-electron chi connectivity index (χ2n) is 4.07. The van der Waals surface area contributed by atoms with E-state index in [9.17, 15) is 4.79 Å². The highest BCUT2D eigenvalue weighted by Gasteiger charge is 2.15. The van der Waals surface area contributed by atoms with Gasteiger partial charge in [0.25, 0.3) is 5.91 Å². The van der Waals surface area contributed by atoms with Crippen LogP contribution in [0.1, 0.15) is 29.3 Å². The number of rotatable bonds is 5. The first-order chi connectivity index (χ1) is 8.10. The Kier molecular flexibility index (Phi) is 5.35. The van der Waals surface area contributed by atoms with E-state index in [1.807, 2.05) is 25.3 Å². The number of carbonyl (C=O) groups excluding carboxylic acids is 1. The molecule has 0 saturated heterocycles. The monoisotopic (exact) mass is 252 g/mol. The maximum Gasteiger partial charge on any atom is 0.253 e. The van der Waals surface area contributed by atoms with E-state index >= 15 is 0 Å². The van der Waals surface area contributed by atoms with Gasteiger partial charge in [0.2, 0.25) is 0 Å². The van der Waals surface area contributed by atoms with Gasteiger partial charge < -0.3 is 11.1 Å². The molecule has 0 spiro atoms. The summed E-state index contributed by atoms with van der Waals surface area (Å²) in [4.78, 5) is 12.1. The third kappa shape index (κ3) is 3.66. The molecule has 0 aliphatic heterocycles. The second-order valence-corrected chi connectivity index (χ2v) is 4.98. The van der Waals surface area contributed by atoms with Gasteiger partial charge in [0.15, 0.2) is 0 Å². The normalized spacial score (nSPS) is 12.2. The van der Waals surface area contributed by atoms with Gasteiger partial charge in [-0.05, 0) is 31.2 Å². The molecule has 0 bridgehead atoms. The molecule has 1 aromatic rings. The largest absolute Gasteiger partial charge is 0.398 e. The molecule has 4 heteroatoms. The van der Waals surface area contributed by atoms with Crippen LogP contribution < -0.4 is 11.1 Å². The predicted octanol–water partition coefficient (Wildman–Crippen LogP) is 2.45. The molecule has 0 fully saturated rings. The summed E-state index contributed by atoms with van der Waals surface area (Å²) >= 11 is 1.73. The van der Waals surface area contributed by atoms with E-state index in [1.54, 1.807) is 17.8 Å². The number of anilines is 1. The van der Waals surface area contributed by atoms with Crippen molar-refractivity contribution in [1.82, 2.24) is 5.32 Å². The molecular weight excluding hydrogens is 232 g/mol. The van der Waals surface area contributed by atoms with Gasteiger partial charge >= 0.3 is 0 Å². The van der Waals surface area contributed by atoms with Gasteiger partial charge in [-0.15, -0.1) is 0 Å². The van der Waals surface area contributed by atoms with Gasteiger partial charge in [-0.2, -0.15) is 11.8 Å². The Morgan fingerprint density at radius 1 is 1.53 bits per heavy atom. The van der Waals surface area contributed by atoms with Crippen LogP contribution in [0.4, 0.5) is 5.69 Å². The van der Waals surface area contributed by atoms with Crippen molar-refractivity contribution in [2.24, 2.45) is 0 Å². The first-order valence-electron chi connectivity index (χ1n) is 5.75. The summed E-state index contributed by atoms with van der Waals surface area (Å²) in [5.74, 6) is 0.857. The fourth-order valence-electron chi connectivity index (χ4n) is 1.72. The van der Waals surface area contributed by atoms with E-state index in [0.29, 0.717) is 11.3 Å². The van der Waals surface area contributed by atoms with Crippen LogP contribution in [-0.2, 0) is 0 Å². The number of amides is 1. The van der Waals surface area contributed by atoms with Crippen LogP contribution >= 0.6 is 11.8 Å². The first kappa shape index (κ1) is 13.9. The summed E-state index contributed by atoms with van der Waals surface area (Å²) in [7, 11) is 0. The van der Waals surface area contributed by atoms with Crippen molar-refractivity contribution >= 4 is 23.4 Å². The molecule has 17 heavy (non-hydrogen) atoms. The van der Waals surface area contributed by atoms with Gasteiger partial charge in [-0.3, -0.25) is 4.79 Å². The Bertz CT molecular complexity index is 373. The van der Waals surface area contributed by atoms with Crippen molar-refractivity contribution in [3.63, 3.8) is 0 Å². The van der Waals surface area contributed by atoms with Crippen LogP contribution in [0, 0.1) is 6.92 Å². The molecule has 94 valence electrons. The Morgan fingerprint density at radius 2 is 2.24 bits per heavy atom. The van der Waals surface area contributed by atoms with Crippen molar-refractivity contribution < 1.29 is 4.79 Å². The molecule has 0 heterocycles. The Balaban J connectivity index is 2.82. The number of hydrogen-bond acceptors (Lipinski definition) is 3. The Morgan fingerprint density at radius 3 is 2.76 bits per heavy atom. The van der Waals surface area contributed by atoms with Crippen molar-refractivity contribution in [1.29, 1.82) is 0 Å². The summed E-state index contributed by atoms with van der Waals surface area (Å²) < 4.78 is 0. The predicted molar refractivity (Wildman–Crippen MR) is 75.5 cm³/mol. The number of aryl methyl sites for hydroxylation is 1. The molecule has 1 rings (SSSR count). The average Bonchev–Trinajstić information content (AvgIpc) is 2.28.